The van der Waals surface area contributed by atoms with Crippen molar-refractivity contribution in [2.24, 2.45) is 0 Å². The van der Waals surface area contributed by atoms with Crippen LogP contribution in [0, 0.1) is 13.8 Å². The van der Waals surface area contributed by atoms with E-state index in [9.17, 15) is 9.59 Å². The van der Waals surface area contributed by atoms with Gasteiger partial charge < -0.3 is 13.9 Å². The van der Waals surface area contributed by atoms with E-state index < -0.39 is 5.97 Å². The minimum Gasteiger partial charge on any atom is -0.460 e. The van der Waals surface area contributed by atoms with Crippen LogP contribution in [-0.4, -0.2) is 5.97 Å². The van der Waals surface area contributed by atoms with Gasteiger partial charge in [0.05, 0.1) is 5.39 Å². The molecule has 4 rings (SSSR count). The summed E-state index contributed by atoms with van der Waals surface area (Å²) in [6.07, 6.45) is 4.34. The van der Waals surface area contributed by atoms with Crippen molar-refractivity contribution in [2.75, 3.05) is 0 Å². The van der Waals surface area contributed by atoms with Gasteiger partial charge in [-0.2, -0.15) is 0 Å². The maximum Gasteiger partial charge on any atom is 0.336 e. The molecule has 0 aliphatic heterocycles. The van der Waals surface area contributed by atoms with Crippen LogP contribution < -0.4 is 14.9 Å². The van der Waals surface area contributed by atoms with Crippen LogP contribution in [-0.2, 0) is 4.79 Å². The molecular formula is C29H26O5. The van der Waals surface area contributed by atoms with E-state index in [1.54, 1.807) is 18.2 Å². The van der Waals surface area contributed by atoms with Crippen LogP contribution >= 0.6 is 0 Å². The molecule has 0 spiro atoms. The molecule has 0 amide bonds. The van der Waals surface area contributed by atoms with E-state index in [1.165, 1.54) is 24.0 Å². The molecule has 0 radical (unpaired) electrons. The van der Waals surface area contributed by atoms with Gasteiger partial charge >= 0.3 is 5.97 Å². The summed E-state index contributed by atoms with van der Waals surface area (Å²) in [5.41, 5.74) is 4.08. The number of carbonyl (C=O) groups is 1. The Hall–Kier alpha value is -4.12. The van der Waals surface area contributed by atoms with Gasteiger partial charge in [0.2, 0.25) is 11.2 Å². The maximum absolute atomic E-state index is 12.9. The van der Waals surface area contributed by atoms with Gasteiger partial charge in [-0.1, -0.05) is 50.2 Å². The summed E-state index contributed by atoms with van der Waals surface area (Å²) < 4.78 is 16.8. The second-order valence-corrected chi connectivity index (χ2v) is 8.53. The normalized spacial score (nSPS) is 11.3. The molecular weight excluding hydrogens is 428 g/mol. The second kappa shape index (κ2) is 9.79. The first-order valence-corrected chi connectivity index (χ1v) is 11.1. The molecule has 0 aliphatic rings. The number of esters is 1. The lowest BCUT2D eigenvalue weighted by Gasteiger charge is -2.09. The molecule has 0 bridgehead atoms. The number of aryl methyl sites for hydroxylation is 2. The number of fused-ring (bicyclic) bond motifs is 1. The molecule has 0 fully saturated rings. The van der Waals surface area contributed by atoms with E-state index in [1.807, 2.05) is 56.3 Å². The van der Waals surface area contributed by atoms with Gasteiger partial charge in [0.15, 0.2) is 0 Å². The lowest BCUT2D eigenvalue weighted by Crippen LogP contribution is -2.07. The summed E-state index contributed by atoms with van der Waals surface area (Å²) in [5, 5.41) is 0.336. The quantitative estimate of drug-likeness (QED) is 0.179. The summed E-state index contributed by atoms with van der Waals surface area (Å²) in [7, 11) is 0. The van der Waals surface area contributed by atoms with Crippen LogP contribution in [0.2, 0.25) is 0 Å². The first-order valence-electron chi connectivity index (χ1n) is 11.1. The second-order valence-electron chi connectivity index (χ2n) is 8.53. The average molecular weight is 455 g/mol. The Kier molecular flexibility index (Phi) is 6.64. The maximum atomic E-state index is 12.9. The zero-order chi connectivity index (χ0) is 24.2. The molecule has 0 saturated carbocycles. The van der Waals surface area contributed by atoms with Crippen molar-refractivity contribution in [2.45, 2.75) is 33.6 Å². The fourth-order valence-corrected chi connectivity index (χ4v) is 3.47. The SMILES string of the molecule is Cc1ccc(C)c(Oc2coc3cc(OC(=O)/C=C/c4ccc(C(C)C)cc4)ccc3c2=O)c1. The summed E-state index contributed by atoms with van der Waals surface area (Å²) >= 11 is 0. The van der Waals surface area contributed by atoms with Gasteiger partial charge in [-0.05, 0) is 66.3 Å². The Labute approximate surface area is 198 Å². The fraction of sp³-hybridized carbons (Fsp3) is 0.172. The number of hydrogen-bond donors (Lipinski definition) is 0. The van der Waals surface area contributed by atoms with Gasteiger partial charge in [-0.3, -0.25) is 4.79 Å². The Morgan fingerprint density at radius 1 is 0.941 bits per heavy atom. The summed E-state index contributed by atoms with van der Waals surface area (Å²) in [5.74, 6) is 0.901. The lowest BCUT2D eigenvalue weighted by molar-refractivity contribution is -0.128. The van der Waals surface area contributed by atoms with E-state index in [2.05, 4.69) is 13.8 Å². The lowest BCUT2D eigenvalue weighted by atomic mass is 10.0. The van der Waals surface area contributed by atoms with Crippen LogP contribution in [0.5, 0.6) is 17.2 Å². The molecule has 0 N–H and O–H groups in total. The molecule has 0 aliphatic carbocycles. The topological polar surface area (TPSA) is 65.7 Å². The smallest absolute Gasteiger partial charge is 0.336 e. The van der Waals surface area contributed by atoms with E-state index in [-0.39, 0.29) is 16.9 Å². The van der Waals surface area contributed by atoms with E-state index in [0.717, 1.165) is 16.7 Å². The van der Waals surface area contributed by atoms with Gasteiger partial charge in [-0.15, -0.1) is 0 Å². The molecule has 34 heavy (non-hydrogen) atoms. The molecule has 5 nitrogen and oxygen atoms in total. The Morgan fingerprint density at radius 3 is 2.44 bits per heavy atom. The molecule has 1 aromatic heterocycles. The highest BCUT2D eigenvalue weighted by Gasteiger charge is 2.12. The zero-order valence-electron chi connectivity index (χ0n) is 19.6. The number of rotatable bonds is 6. The molecule has 0 unspecified atom stereocenters. The van der Waals surface area contributed by atoms with E-state index >= 15 is 0 Å². The monoisotopic (exact) mass is 454 g/mol. The molecule has 0 saturated heterocycles. The van der Waals surface area contributed by atoms with Crippen molar-refractivity contribution in [3.8, 4) is 17.2 Å². The van der Waals surface area contributed by atoms with E-state index in [0.29, 0.717) is 22.6 Å². The van der Waals surface area contributed by atoms with Gasteiger partial charge in [0.25, 0.3) is 0 Å². The number of benzene rings is 3. The summed E-state index contributed by atoms with van der Waals surface area (Å²) in [6.45, 7) is 8.13. The standard InChI is InChI=1S/C29H26O5/c1-18(2)22-10-7-21(8-11-22)9-14-28(30)33-23-12-13-24-26(16-23)32-17-27(29(24)31)34-25-15-19(3)5-6-20(25)4/h5-18H,1-4H3/b14-9+. The predicted molar refractivity (Wildman–Crippen MR) is 134 cm³/mol. The van der Waals surface area contributed by atoms with Gasteiger partial charge in [0.1, 0.15) is 23.3 Å². The number of ether oxygens (including phenoxy) is 2. The molecule has 0 atom stereocenters. The first-order chi connectivity index (χ1) is 16.3. The van der Waals surface area contributed by atoms with Crippen LogP contribution in [0.15, 0.2) is 82.2 Å². The van der Waals surface area contributed by atoms with Crippen LogP contribution in [0.25, 0.3) is 17.0 Å². The van der Waals surface area contributed by atoms with Crippen molar-refractivity contribution >= 4 is 23.0 Å². The third-order valence-electron chi connectivity index (χ3n) is 5.51. The highest BCUT2D eigenvalue weighted by atomic mass is 16.5. The highest BCUT2D eigenvalue weighted by Crippen LogP contribution is 2.27. The van der Waals surface area contributed by atoms with Crippen LogP contribution in [0.3, 0.4) is 0 Å². The highest BCUT2D eigenvalue weighted by molar-refractivity contribution is 5.89. The molecule has 3 aromatic carbocycles. The fourth-order valence-electron chi connectivity index (χ4n) is 3.47. The summed E-state index contributed by atoms with van der Waals surface area (Å²) in [6, 6.07) is 18.4. The van der Waals surface area contributed by atoms with Crippen molar-refractivity contribution in [1.82, 2.24) is 0 Å². The predicted octanol–water partition coefficient (Wildman–Crippen LogP) is 6.94. The minimum atomic E-state index is -0.524. The Balaban J connectivity index is 1.49. The van der Waals surface area contributed by atoms with Crippen LogP contribution in [0.4, 0.5) is 0 Å². The first kappa shape index (κ1) is 23.1. The third kappa shape index (κ3) is 5.26. The van der Waals surface area contributed by atoms with E-state index in [4.69, 9.17) is 13.9 Å². The van der Waals surface area contributed by atoms with Crippen LogP contribution in [0.1, 0.15) is 42.0 Å². The Bertz CT molecular complexity index is 1430. The zero-order valence-corrected chi connectivity index (χ0v) is 19.6. The average Bonchev–Trinajstić information content (AvgIpc) is 2.82. The largest absolute Gasteiger partial charge is 0.460 e. The van der Waals surface area contributed by atoms with Gasteiger partial charge in [0, 0.05) is 12.1 Å². The Morgan fingerprint density at radius 2 is 1.71 bits per heavy atom. The van der Waals surface area contributed by atoms with Crippen molar-refractivity contribution in [1.29, 1.82) is 0 Å². The minimum absolute atomic E-state index is 0.0948. The van der Waals surface area contributed by atoms with Crippen molar-refractivity contribution < 1.29 is 18.7 Å². The molecule has 172 valence electrons. The summed E-state index contributed by atoms with van der Waals surface area (Å²) in [4.78, 5) is 25.1. The number of carbonyl (C=O) groups excluding carboxylic acids is 1. The molecule has 1 heterocycles. The molecule has 5 heteroatoms. The molecule has 4 aromatic rings. The van der Waals surface area contributed by atoms with Crippen molar-refractivity contribution in [3.05, 3.63) is 105 Å². The number of hydrogen-bond acceptors (Lipinski definition) is 5. The van der Waals surface area contributed by atoms with Crippen molar-refractivity contribution in [3.63, 3.8) is 0 Å². The third-order valence-corrected chi connectivity index (χ3v) is 5.51. The van der Waals surface area contributed by atoms with Gasteiger partial charge in [-0.25, -0.2) is 4.79 Å².